The second kappa shape index (κ2) is 6.13. The molecule has 0 aromatic heterocycles. The van der Waals surface area contributed by atoms with Gasteiger partial charge in [-0.25, -0.2) is 4.79 Å². The first kappa shape index (κ1) is 14.7. The van der Waals surface area contributed by atoms with Crippen molar-refractivity contribution in [2.45, 2.75) is 25.3 Å². The van der Waals surface area contributed by atoms with E-state index < -0.39 is 11.5 Å². The van der Waals surface area contributed by atoms with Crippen molar-refractivity contribution in [3.8, 4) is 5.75 Å². The summed E-state index contributed by atoms with van der Waals surface area (Å²) in [6.45, 7) is 4.70. The van der Waals surface area contributed by atoms with Crippen molar-refractivity contribution in [2.75, 3.05) is 32.1 Å². The highest BCUT2D eigenvalue weighted by molar-refractivity contribution is 5.83. The Morgan fingerprint density at radius 2 is 1.95 bits per heavy atom. The number of carboxylic acids is 1. The first-order chi connectivity index (χ1) is 9.59. The van der Waals surface area contributed by atoms with Crippen molar-refractivity contribution >= 4 is 11.7 Å². The summed E-state index contributed by atoms with van der Waals surface area (Å²) in [5, 5.41) is 12.8. The van der Waals surface area contributed by atoms with Crippen LogP contribution in [0.3, 0.4) is 0 Å². The minimum absolute atomic E-state index is 0.613. The normalized spacial score (nSPS) is 18.5. The molecule has 1 fully saturated rings. The molecule has 0 spiro atoms. The number of hydrogen-bond acceptors (Lipinski definition) is 4. The van der Waals surface area contributed by atoms with Gasteiger partial charge in [-0.3, -0.25) is 0 Å². The number of likely N-dealkylation sites (tertiary alicyclic amines) is 1. The number of nitrogens with one attached hydrogen (secondary N) is 1. The molecule has 0 atom stereocenters. The fourth-order valence-electron chi connectivity index (χ4n) is 2.59. The van der Waals surface area contributed by atoms with Gasteiger partial charge in [-0.1, -0.05) is 6.92 Å². The fraction of sp³-hybridized carbons (Fsp3) is 0.533. The van der Waals surface area contributed by atoms with E-state index in [1.807, 2.05) is 24.3 Å². The third-order valence-electron chi connectivity index (χ3n) is 4.04. The molecule has 0 amide bonds. The van der Waals surface area contributed by atoms with Gasteiger partial charge >= 0.3 is 5.97 Å². The first-order valence-corrected chi connectivity index (χ1v) is 6.97. The van der Waals surface area contributed by atoms with Crippen LogP contribution >= 0.6 is 0 Å². The molecular formula is C15H22N2O3. The number of piperidine rings is 1. The average Bonchev–Trinajstić information content (AvgIpc) is 2.48. The Kier molecular flexibility index (Phi) is 4.49. The summed E-state index contributed by atoms with van der Waals surface area (Å²) in [7, 11) is 1.61. The maximum absolute atomic E-state index is 11.7. The van der Waals surface area contributed by atoms with Crippen LogP contribution in [0.5, 0.6) is 5.75 Å². The summed E-state index contributed by atoms with van der Waals surface area (Å²) in [6.07, 6.45) is 1.23. The predicted octanol–water partition coefficient (Wildman–Crippen LogP) is 2.05. The van der Waals surface area contributed by atoms with Crippen LogP contribution in [-0.4, -0.2) is 48.3 Å². The highest BCUT2D eigenvalue weighted by atomic mass is 16.5. The standard InChI is InChI=1S/C15H22N2O3/c1-3-17-10-8-15(9-11-17,14(18)19)16-12-4-6-13(20-2)7-5-12/h4-7,16H,3,8-11H2,1-2H3,(H,18,19). The average molecular weight is 278 g/mol. The lowest BCUT2D eigenvalue weighted by atomic mass is 9.87. The lowest BCUT2D eigenvalue weighted by Gasteiger charge is -2.39. The predicted molar refractivity (Wildman–Crippen MR) is 78.3 cm³/mol. The van der Waals surface area contributed by atoms with Crippen LogP contribution in [0.25, 0.3) is 0 Å². The summed E-state index contributed by atoms with van der Waals surface area (Å²) < 4.78 is 5.11. The second-order valence-corrected chi connectivity index (χ2v) is 5.18. The molecule has 0 aliphatic carbocycles. The number of aliphatic carboxylic acids is 1. The van der Waals surface area contributed by atoms with Crippen LogP contribution in [-0.2, 0) is 4.79 Å². The Bertz CT molecular complexity index is 451. The van der Waals surface area contributed by atoms with E-state index in [-0.39, 0.29) is 0 Å². The number of methoxy groups -OCH3 is 1. The molecule has 0 bridgehead atoms. The maximum Gasteiger partial charge on any atom is 0.329 e. The molecule has 0 saturated carbocycles. The molecule has 2 N–H and O–H groups in total. The zero-order chi connectivity index (χ0) is 14.6. The van der Waals surface area contributed by atoms with Crippen LogP contribution in [0, 0.1) is 0 Å². The lowest BCUT2D eigenvalue weighted by molar-refractivity contribution is -0.144. The van der Waals surface area contributed by atoms with Crippen LogP contribution in [0.2, 0.25) is 0 Å². The number of ether oxygens (including phenoxy) is 1. The molecule has 110 valence electrons. The zero-order valence-corrected chi connectivity index (χ0v) is 12.1. The van der Waals surface area contributed by atoms with E-state index in [4.69, 9.17) is 4.74 Å². The summed E-state index contributed by atoms with van der Waals surface area (Å²) in [4.78, 5) is 14.0. The Morgan fingerprint density at radius 3 is 2.40 bits per heavy atom. The van der Waals surface area contributed by atoms with Gasteiger partial charge in [-0.2, -0.15) is 0 Å². The second-order valence-electron chi connectivity index (χ2n) is 5.18. The van der Waals surface area contributed by atoms with Crippen molar-refractivity contribution < 1.29 is 14.6 Å². The smallest absolute Gasteiger partial charge is 0.329 e. The van der Waals surface area contributed by atoms with Gasteiger partial charge in [0.05, 0.1) is 7.11 Å². The molecule has 1 aromatic rings. The number of hydrogen-bond donors (Lipinski definition) is 2. The molecular weight excluding hydrogens is 256 g/mol. The molecule has 0 radical (unpaired) electrons. The Labute approximate surface area is 119 Å². The molecule has 1 saturated heterocycles. The van der Waals surface area contributed by atoms with E-state index in [9.17, 15) is 9.90 Å². The van der Waals surface area contributed by atoms with Crippen molar-refractivity contribution in [3.63, 3.8) is 0 Å². The van der Waals surface area contributed by atoms with Crippen LogP contribution < -0.4 is 10.1 Å². The third kappa shape index (κ3) is 3.04. The van der Waals surface area contributed by atoms with Crippen LogP contribution in [0.15, 0.2) is 24.3 Å². The van der Waals surface area contributed by atoms with E-state index in [0.29, 0.717) is 12.8 Å². The molecule has 20 heavy (non-hydrogen) atoms. The number of benzene rings is 1. The number of carboxylic acid groups (broad SMARTS) is 1. The highest BCUT2D eigenvalue weighted by Crippen LogP contribution is 2.28. The van der Waals surface area contributed by atoms with E-state index in [2.05, 4.69) is 17.1 Å². The summed E-state index contributed by atoms with van der Waals surface area (Å²) in [5.74, 6) is -0.00945. The Morgan fingerprint density at radius 1 is 1.35 bits per heavy atom. The molecule has 1 heterocycles. The molecule has 5 nitrogen and oxygen atoms in total. The van der Waals surface area contributed by atoms with Crippen LogP contribution in [0.1, 0.15) is 19.8 Å². The van der Waals surface area contributed by atoms with Gasteiger partial charge in [0.25, 0.3) is 0 Å². The fourth-order valence-corrected chi connectivity index (χ4v) is 2.59. The molecule has 1 aliphatic rings. The lowest BCUT2D eigenvalue weighted by Crippen LogP contribution is -2.54. The molecule has 1 aliphatic heterocycles. The number of nitrogens with zero attached hydrogens (tertiary/aromatic N) is 1. The van der Waals surface area contributed by atoms with Crippen molar-refractivity contribution in [3.05, 3.63) is 24.3 Å². The van der Waals surface area contributed by atoms with E-state index in [1.165, 1.54) is 0 Å². The number of carbonyl (C=O) groups is 1. The molecule has 2 rings (SSSR count). The van der Waals surface area contributed by atoms with Crippen LogP contribution in [0.4, 0.5) is 5.69 Å². The largest absolute Gasteiger partial charge is 0.497 e. The summed E-state index contributed by atoms with van der Waals surface area (Å²) in [5.41, 5.74) is -0.0431. The number of anilines is 1. The van der Waals surface area contributed by atoms with Gasteiger partial charge in [0, 0.05) is 18.8 Å². The van der Waals surface area contributed by atoms with E-state index in [0.717, 1.165) is 31.1 Å². The maximum atomic E-state index is 11.7. The molecule has 1 aromatic carbocycles. The monoisotopic (exact) mass is 278 g/mol. The minimum Gasteiger partial charge on any atom is -0.497 e. The van der Waals surface area contributed by atoms with Crippen molar-refractivity contribution in [2.24, 2.45) is 0 Å². The Hall–Kier alpha value is -1.75. The van der Waals surface area contributed by atoms with E-state index >= 15 is 0 Å². The zero-order valence-electron chi connectivity index (χ0n) is 12.1. The third-order valence-corrected chi connectivity index (χ3v) is 4.04. The minimum atomic E-state index is -0.861. The topological polar surface area (TPSA) is 61.8 Å². The quantitative estimate of drug-likeness (QED) is 0.863. The SMILES string of the molecule is CCN1CCC(Nc2ccc(OC)cc2)(C(=O)O)CC1. The van der Waals surface area contributed by atoms with Gasteiger partial charge in [0.1, 0.15) is 11.3 Å². The Balaban J connectivity index is 2.11. The van der Waals surface area contributed by atoms with Crippen molar-refractivity contribution in [1.29, 1.82) is 0 Å². The molecule has 0 unspecified atom stereocenters. The van der Waals surface area contributed by atoms with Gasteiger partial charge in [0.2, 0.25) is 0 Å². The highest BCUT2D eigenvalue weighted by Gasteiger charge is 2.41. The summed E-state index contributed by atoms with van der Waals surface area (Å²) >= 11 is 0. The van der Waals surface area contributed by atoms with Crippen molar-refractivity contribution in [1.82, 2.24) is 4.90 Å². The van der Waals surface area contributed by atoms with Gasteiger partial charge in [0.15, 0.2) is 0 Å². The van der Waals surface area contributed by atoms with E-state index in [1.54, 1.807) is 7.11 Å². The summed E-state index contributed by atoms with van der Waals surface area (Å²) in [6, 6.07) is 7.38. The molecule has 5 heteroatoms. The van der Waals surface area contributed by atoms with Gasteiger partial charge < -0.3 is 20.1 Å². The first-order valence-electron chi connectivity index (χ1n) is 6.97. The van der Waals surface area contributed by atoms with Gasteiger partial charge in [-0.15, -0.1) is 0 Å². The van der Waals surface area contributed by atoms with Gasteiger partial charge in [-0.05, 0) is 43.7 Å². The number of rotatable bonds is 5.